The molecule has 0 radical (unpaired) electrons. The van der Waals surface area contributed by atoms with Gasteiger partial charge in [0.25, 0.3) is 0 Å². The van der Waals surface area contributed by atoms with Crippen LogP contribution in [0.2, 0.25) is 0 Å². The molecule has 3 atom stereocenters. The lowest BCUT2D eigenvalue weighted by Crippen LogP contribution is -2.51. The predicted octanol–water partition coefficient (Wildman–Crippen LogP) is 1.36. The number of likely N-dealkylation sites (N-methyl/N-ethyl adjacent to an activating group) is 1. The Balaban J connectivity index is 2.57. The van der Waals surface area contributed by atoms with Gasteiger partial charge in [-0.1, -0.05) is 6.42 Å². The first-order chi connectivity index (χ1) is 6.70. The molecule has 14 heavy (non-hydrogen) atoms. The lowest BCUT2D eigenvalue weighted by Gasteiger charge is -2.39. The van der Waals surface area contributed by atoms with Gasteiger partial charge in [0, 0.05) is 12.1 Å². The van der Waals surface area contributed by atoms with Crippen LogP contribution in [0.1, 0.15) is 33.1 Å². The zero-order chi connectivity index (χ0) is 10.6. The molecule has 0 aliphatic carbocycles. The molecular formula is C11H21N3. The van der Waals surface area contributed by atoms with Crippen molar-refractivity contribution in [3.05, 3.63) is 0 Å². The second-order valence-corrected chi connectivity index (χ2v) is 4.22. The molecule has 0 aromatic carbocycles. The SMILES string of the molecule is CNC(C#N)C(C)N1CCCCC1C. The van der Waals surface area contributed by atoms with Crippen molar-refractivity contribution in [3.8, 4) is 6.07 Å². The summed E-state index contributed by atoms with van der Waals surface area (Å²) in [6.07, 6.45) is 3.88. The predicted molar refractivity (Wildman–Crippen MR) is 57.9 cm³/mol. The molecule has 1 N–H and O–H groups in total. The summed E-state index contributed by atoms with van der Waals surface area (Å²) in [5.74, 6) is 0. The number of nitriles is 1. The number of likely N-dealkylation sites (tertiary alicyclic amines) is 1. The maximum atomic E-state index is 8.97. The molecular weight excluding hydrogens is 174 g/mol. The van der Waals surface area contributed by atoms with Gasteiger partial charge in [-0.15, -0.1) is 0 Å². The summed E-state index contributed by atoms with van der Waals surface area (Å²) in [7, 11) is 1.86. The van der Waals surface area contributed by atoms with E-state index in [1.165, 1.54) is 19.3 Å². The van der Waals surface area contributed by atoms with Gasteiger partial charge in [-0.05, 0) is 40.3 Å². The highest BCUT2D eigenvalue weighted by Crippen LogP contribution is 2.20. The van der Waals surface area contributed by atoms with Crippen LogP contribution < -0.4 is 5.32 Å². The van der Waals surface area contributed by atoms with Gasteiger partial charge in [-0.2, -0.15) is 5.26 Å². The second-order valence-electron chi connectivity index (χ2n) is 4.22. The van der Waals surface area contributed by atoms with E-state index in [2.05, 4.69) is 30.1 Å². The number of nitrogens with zero attached hydrogens (tertiary/aromatic N) is 2. The average Bonchev–Trinajstić information content (AvgIpc) is 2.20. The molecule has 1 aliphatic heterocycles. The highest BCUT2D eigenvalue weighted by atomic mass is 15.2. The molecule has 3 nitrogen and oxygen atoms in total. The van der Waals surface area contributed by atoms with Gasteiger partial charge >= 0.3 is 0 Å². The number of rotatable bonds is 3. The molecule has 80 valence electrons. The monoisotopic (exact) mass is 195 g/mol. The van der Waals surface area contributed by atoms with Crippen molar-refractivity contribution in [2.45, 2.75) is 51.2 Å². The molecule has 1 saturated heterocycles. The van der Waals surface area contributed by atoms with Crippen molar-refractivity contribution < 1.29 is 0 Å². The van der Waals surface area contributed by atoms with Gasteiger partial charge in [-0.25, -0.2) is 0 Å². The Labute approximate surface area is 87.1 Å². The molecule has 1 rings (SSSR count). The molecule has 0 aromatic rings. The van der Waals surface area contributed by atoms with Crippen LogP contribution in [-0.2, 0) is 0 Å². The number of nitrogens with one attached hydrogen (secondary N) is 1. The Hall–Kier alpha value is -0.590. The largest absolute Gasteiger partial charge is 0.304 e. The van der Waals surface area contributed by atoms with Crippen LogP contribution in [0.15, 0.2) is 0 Å². The molecule has 0 spiro atoms. The Morgan fingerprint density at radius 3 is 2.71 bits per heavy atom. The molecule has 1 heterocycles. The van der Waals surface area contributed by atoms with Gasteiger partial charge in [-0.3, -0.25) is 4.90 Å². The van der Waals surface area contributed by atoms with Gasteiger partial charge in [0.15, 0.2) is 0 Å². The highest BCUT2D eigenvalue weighted by Gasteiger charge is 2.27. The lowest BCUT2D eigenvalue weighted by atomic mass is 9.99. The van der Waals surface area contributed by atoms with Crippen molar-refractivity contribution in [1.82, 2.24) is 10.2 Å². The summed E-state index contributed by atoms with van der Waals surface area (Å²) in [4.78, 5) is 2.45. The van der Waals surface area contributed by atoms with Gasteiger partial charge in [0.05, 0.1) is 6.07 Å². The van der Waals surface area contributed by atoms with Crippen molar-refractivity contribution >= 4 is 0 Å². The minimum Gasteiger partial charge on any atom is -0.304 e. The van der Waals surface area contributed by atoms with Crippen LogP contribution in [0.5, 0.6) is 0 Å². The average molecular weight is 195 g/mol. The van der Waals surface area contributed by atoms with E-state index < -0.39 is 0 Å². The summed E-state index contributed by atoms with van der Waals surface area (Å²) in [6, 6.07) is 3.22. The summed E-state index contributed by atoms with van der Waals surface area (Å²) in [6.45, 7) is 5.55. The normalized spacial score (nSPS) is 28.0. The quantitative estimate of drug-likeness (QED) is 0.739. The van der Waals surface area contributed by atoms with E-state index in [0.29, 0.717) is 12.1 Å². The van der Waals surface area contributed by atoms with Crippen molar-refractivity contribution in [3.63, 3.8) is 0 Å². The van der Waals surface area contributed by atoms with E-state index in [0.717, 1.165) is 6.54 Å². The third-order valence-corrected chi connectivity index (χ3v) is 3.31. The molecule has 1 fully saturated rings. The van der Waals surface area contributed by atoms with Crippen LogP contribution in [0.25, 0.3) is 0 Å². The summed E-state index contributed by atoms with van der Waals surface area (Å²) in [5.41, 5.74) is 0. The lowest BCUT2D eigenvalue weighted by molar-refractivity contribution is 0.103. The molecule has 0 saturated carbocycles. The fraction of sp³-hybridized carbons (Fsp3) is 0.909. The molecule has 0 bridgehead atoms. The van der Waals surface area contributed by atoms with Crippen LogP contribution in [0.3, 0.4) is 0 Å². The zero-order valence-electron chi connectivity index (χ0n) is 9.45. The van der Waals surface area contributed by atoms with E-state index in [9.17, 15) is 0 Å². The van der Waals surface area contributed by atoms with Crippen LogP contribution >= 0.6 is 0 Å². The first-order valence-corrected chi connectivity index (χ1v) is 5.53. The summed E-state index contributed by atoms with van der Waals surface area (Å²) in [5, 5.41) is 12.0. The minimum atomic E-state index is -0.0458. The Kier molecular flexibility index (Phi) is 4.37. The first kappa shape index (κ1) is 11.5. The summed E-state index contributed by atoms with van der Waals surface area (Å²) >= 11 is 0. The first-order valence-electron chi connectivity index (χ1n) is 5.53. The molecule has 0 amide bonds. The van der Waals surface area contributed by atoms with Crippen LogP contribution in [0, 0.1) is 11.3 Å². The van der Waals surface area contributed by atoms with E-state index >= 15 is 0 Å². The zero-order valence-corrected chi connectivity index (χ0v) is 9.45. The Morgan fingerprint density at radius 1 is 1.50 bits per heavy atom. The number of hydrogen-bond donors (Lipinski definition) is 1. The fourth-order valence-corrected chi connectivity index (χ4v) is 2.33. The van der Waals surface area contributed by atoms with E-state index in [-0.39, 0.29) is 6.04 Å². The molecule has 0 aromatic heterocycles. The maximum absolute atomic E-state index is 8.97. The molecule has 1 aliphatic rings. The van der Waals surface area contributed by atoms with E-state index in [4.69, 9.17) is 5.26 Å². The number of piperidine rings is 1. The van der Waals surface area contributed by atoms with Gasteiger partial charge in [0.2, 0.25) is 0 Å². The third-order valence-electron chi connectivity index (χ3n) is 3.31. The Morgan fingerprint density at radius 2 is 2.21 bits per heavy atom. The third kappa shape index (κ3) is 2.46. The van der Waals surface area contributed by atoms with Crippen molar-refractivity contribution in [2.24, 2.45) is 0 Å². The van der Waals surface area contributed by atoms with E-state index in [1.54, 1.807) is 0 Å². The second kappa shape index (κ2) is 5.33. The number of hydrogen-bond acceptors (Lipinski definition) is 3. The summed E-state index contributed by atoms with van der Waals surface area (Å²) < 4.78 is 0. The van der Waals surface area contributed by atoms with Crippen molar-refractivity contribution in [1.29, 1.82) is 5.26 Å². The minimum absolute atomic E-state index is 0.0458. The topological polar surface area (TPSA) is 39.1 Å². The van der Waals surface area contributed by atoms with E-state index in [1.807, 2.05) is 7.05 Å². The van der Waals surface area contributed by atoms with Gasteiger partial charge < -0.3 is 5.32 Å². The van der Waals surface area contributed by atoms with Crippen LogP contribution in [0.4, 0.5) is 0 Å². The van der Waals surface area contributed by atoms with Crippen LogP contribution in [-0.4, -0.2) is 36.6 Å². The molecule has 3 unspecified atom stereocenters. The van der Waals surface area contributed by atoms with Gasteiger partial charge in [0.1, 0.15) is 6.04 Å². The smallest absolute Gasteiger partial charge is 0.110 e. The fourth-order valence-electron chi connectivity index (χ4n) is 2.33. The standard InChI is InChI=1S/C11H21N3/c1-9-6-4-5-7-14(9)10(2)11(8-12)13-3/h9-11,13H,4-7H2,1-3H3. The highest BCUT2D eigenvalue weighted by molar-refractivity contribution is 4.98. The molecule has 3 heteroatoms. The maximum Gasteiger partial charge on any atom is 0.110 e. The van der Waals surface area contributed by atoms with Crippen molar-refractivity contribution in [2.75, 3.05) is 13.6 Å². The Bertz CT molecular complexity index is 209.